The fraction of sp³-hybridized carbons (Fsp3) is 0.515. The van der Waals surface area contributed by atoms with Crippen LogP contribution in [0.3, 0.4) is 0 Å². The molecule has 0 aromatic heterocycles. The summed E-state index contributed by atoms with van der Waals surface area (Å²) in [6.45, 7) is 0.470. The number of carbonyl (C=O) groups excluding carboxylic acids is 4. The number of ether oxygens (including phenoxy) is 1. The molecule has 46 heavy (non-hydrogen) atoms. The maximum atomic E-state index is 13.7. The van der Waals surface area contributed by atoms with Gasteiger partial charge in [-0.05, 0) is 66.5 Å². The van der Waals surface area contributed by atoms with E-state index in [2.05, 4.69) is 10.0 Å². The van der Waals surface area contributed by atoms with Gasteiger partial charge in [-0.15, -0.1) is 0 Å². The van der Waals surface area contributed by atoms with Crippen molar-refractivity contribution >= 4 is 59.0 Å². The molecule has 1 fully saturated rings. The van der Waals surface area contributed by atoms with Crippen LogP contribution in [0.25, 0.3) is 0 Å². The van der Waals surface area contributed by atoms with E-state index in [1.807, 2.05) is 24.3 Å². The van der Waals surface area contributed by atoms with Crippen LogP contribution in [0.5, 0.6) is 0 Å². The molecule has 3 rings (SSSR count). The molecule has 1 aliphatic carbocycles. The van der Waals surface area contributed by atoms with E-state index in [1.54, 1.807) is 36.2 Å². The summed E-state index contributed by atoms with van der Waals surface area (Å²) in [5.74, 6) is -0.757. The average molecular weight is 696 g/mol. The molecule has 0 unspecified atom stereocenters. The number of hydrogen-bond acceptors (Lipinski definition) is 7. The highest BCUT2D eigenvalue weighted by Crippen LogP contribution is 2.30. The minimum absolute atomic E-state index is 0.0211. The standard InChI is InChI=1S/C33H44Cl2N4O6S/c1-38(19-18-25-13-7-8-15-27(25)35)30(40)17-16-28(32(42)39(2)44-3)36-31(41)29(21-23-10-5-4-6-11-23)46-37-33(43)45-22-24-12-9-14-26(34)20-24/h7-9,12-15,20,23,28-29H,4-6,10-11,16-19,21-22H2,1-3H3,(H,36,41)(H,37,43)/t28-,29-/m0/s1. The fourth-order valence-corrected chi connectivity index (χ4v) is 6.55. The normalized spacial score (nSPS) is 14.5. The SMILES string of the molecule is CON(C)C(=O)[C@H](CCC(=O)N(C)CCc1ccccc1Cl)NC(=O)[C@H](CC1CCCCC1)SNC(=O)OCc1cccc(Cl)c1. The van der Waals surface area contributed by atoms with Crippen LogP contribution in [0, 0.1) is 5.92 Å². The zero-order valence-electron chi connectivity index (χ0n) is 26.6. The Labute approximate surface area is 285 Å². The molecule has 1 aliphatic rings. The van der Waals surface area contributed by atoms with E-state index in [4.69, 9.17) is 32.8 Å². The van der Waals surface area contributed by atoms with Crippen molar-refractivity contribution in [1.82, 2.24) is 20.0 Å². The van der Waals surface area contributed by atoms with Crippen molar-refractivity contribution in [3.05, 3.63) is 69.7 Å². The molecule has 4 amide bonds. The van der Waals surface area contributed by atoms with Crippen molar-refractivity contribution < 1.29 is 28.8 Å². The quantitative estimate of drug-likeness (QED) is 0.159. The monoisotopic (exact) mass is 694 g/mol. The van der Waals surface area contributed by atoms with E-state index >= 15 is 0 Å². The van der Waals surface area contributed by atoms with Crippen molar-refractivity contribution in [2.24, 2.45) is 5.92 Å². The summed E-state index contributed by atoms with van der Waals surface area (Å²) in [5.41, 5.74) is 1.67. The predicted octanol–water partition coefficient (Wildman–Crippen LogP) is 6.19. The number of carbonyl (C=O) groups is 4. The van der Waals surface area contributed by atoms with Crippen LogP contribution in [-0.2, 0) is 37.0 Å². The molecular weight excluding hydrogens is 651 g/mol. The van der Waals surface area contributed by atoms with E-state index in [0.29, 0.717) is 35.3 Å². The van der Waals surface area contributed by atoms with Gasteiger partial charge in [0.2, 0.25) is 11.8 Å². The number of amides is 4. The number of hydroxylamine groups is 2. The van der Waals surface area contributed by atoms with Crippen molar-refractivity contribution in [3.63, 3.8) is 0 Å². The van der Waals surface area contributed by atoms with Crippen LogP contribution in [0.2, 0.25) is 10.0 Å². The third-order valence-corrected chi connectivity index (χ3v) is 9.63. The van der Waals surface area contributed by atoms with Gasteiger partial charge in [0.05, 0.1) is 7.11 Å². The maximum absolute atomic E-state index is 13.7. The number of benzene rings is 2. The fourth-order valence-electron chi connectivity index (χ4n) is 5.26. The van der Waals surface area contributed by atoms with Gasteiger partial charge in [-0.25, -0.2) is 9.86 Å². The van der Waals surface area contributed by atoms with Crippen LogP contribution in [0.4, 0.5) is 4.79 Å². The number of nitrogens with one attached hydrogen (secondary N) is 2. The van der Waals surface area contributed by atoms with Gasteiger partial charge in [0.15, 0.2) is 0 Å². The Hall–Kier alpha value is -2.99. The van der Waals surface area contributed by atoms with Gasteiger partial charge in [0.1, 0.15) is 17.9 Å². The molecule has 13 heteroatoms. The topological polar surface area (TPSA) is 117 Å². The smallest absolute Gasteiger partial charge is 0.417 e. The summed E-state index contributed by atoms with van der Waals surface area (Å²) < 4.78 is 7.97. The van der Waals surface area contributed by atoms with Crippen LogP contribution in [-0.4, -0.2) is 72.8 Å². The number of hydrogen-bond donors (Lipinski definition) is 2. The van der Waals surface area contributed by atoms with E-state index < -0.39 is 29.2 Å². The summed E-state index contributed by atoms with van der Waals surface area (Å²) in [7, 11) is 4.50. The molecule has 0 radical (unpaired) electrons. The Kier molecular flexibility index (Phi) is 16.0. The molecule has 1 saturated carbocycles. The molecule has 0 saturated heterocycles. The predicted molar refractivity (Wildman–Crippen MR) is 181 cm³/mol. The molecule has 0 bridgehead atoms. The highest BCUT2D eigenvalue weighted by Gasteiger charge is 2.31. The summed E-state index contributed by atoms with van der Waals surface area (Å²) in [4.78, 5) is 59.1. The molecule has 2 atom stereocenters. The first-order valence-corrected chi connectivity index (χ1v) is 17.1. The molecular formula is C33H44Cl2N4O6S. The molecule has 252 valence electrons. The molecule has 0 spiro atoms. The summed E-state index contributed by atoms with van der Waals surface area (Å²) >= 11 is 13.2. The van der Waals surface area contributed by atoms with Gasteiger partial charge >= 0.3 is 6.09 Å². The van der Waals surface area contributed by atoms with Crippen LogP contribution in [0.15, 0.2) is 48.5 Å². The van der Waals surface area contributed by atoms with Gasteiger partial charge in [0, 0.05) is 37.1 Å². The Morgan fingerprint density at radius 1 is 1.02 bits per heavy atom. The van der Waals surface area contributed by atoms with E-state index in [1.165, 1.54) is 14.2 Å². The summed E-state index contributed by atoms with van der Waals surface area (Å²) in [6, 6.07) is 13.5. The first-order valence-electron chi connectivity index (χ1n) is 15.5. The maximum Gasteiger partial charge on any atom is 0.417 e. The number of nitrogens with zero attached hydrogens (tertiary/aromatic N) is 2. The van der Waals surface area contributed by atoms with Crippen LogP contribution >= 0.6 is 35.1 Å². The first-order chi connectivity index (χ1) is 22.1. The molecule has 2 N–H and O–H groups in total. The van der Waals surface area contributed by atoms with Crippen LogP contribution < -0.4 is 10.0 Å². The lowest BCUT2D eigenvalue weighted by atomic mass is 9.86. The highest BCUT2D eigenvalue weighted by atomic mass is 35.5. The van der Waals surface area contributed by atoms with Gasteiger partial charge in [-0.1, -0.05) is 85.6 Å². The lowest BCUT2D eigenvalue weighted by Crippen LogP contribution is -2.50. The zero-order valence-corrected chi connectivity index (χ0v) is 29.0. The average Bonchev–Trinajstić information content (AvgIpc) is 3.06. The second kappa shape index (κ2) is 19.6. The van der Waals surface area contributed by atoms with E-state index in [9.17, 15) is 19.2 Å². The Morgan fingerprint density at radius 3 is 2.46 bits per heavy atom. The zero-order chi connectivity index (χ0) is 33.5. The van der Waals surface area contributed by atoms with Crippen LogP contribution in [0.1, 0.15) is 62.5 Å². The minimum atomic E-state index is -1.01. The number of halogens is 2. The lowest BCUT2D eigenvalue weighted by molar-refractivity contribution is -0.171. The Balaban J connectivity index is 1.62. The molecule has 2 aromatic carbocycles. The van der Waals surface area contributed by atoms with Crippen molar-refractivity contribution in [2.45, 2.75) is 75.7 Å². The molecule has 2 aromatic rings. The van der Waals surface area contributed by atoms with E-state index in [0.717, 1.165) is 60.2 Å². The molecule has 0 heterocycles. The van der Waals surface area contributed by atoms with Gasteiger partial charge in [-0.2, -0.15) is 0 Å². The third-order valence-electron chi connectivity index (χ3n) is 8.05. The Morgan fingerprint density at radius 2 is 1.76 bits per heavy atom. The lowest BCUT2D eigenvalue weighted by Gasteiger charge is -2.28. The second-order valence-electron chi connectivity index (χ2n) is 11.4. The van der Waals surface area contributed by atoms with Crippen molar-refractivity contribution in [3.8, 4) is 0 Å². The largest absolute Gasteiger partial charge is 0.444 e. The number of likely N-dealkylation sites (N-methyl/N-ethyl adjacent to an activating group) is 2. The van der Waals surface area contributed by atoms with Gasteiger partial charge in [-0.3, -0.25) is 23.9 Å². The van der Waals surface area contributed by atoms with Crippen molar-refractivity contribution in [2.75, 3.05) is 27.7 Å². The second-order valence-corrected chi connectivity index (χ2v) is 13.3. The van der Waals surface area contributed by atoms with Gasteiger partial charge in [0.25, 0.3) is 5.91 Å². The highest BCUT2D eigenvalue weighted by molar-refractivity contribution is 7.99. The Bertz CT molecular complexity index is 1310. The third kappa shape index (κ3) is 12.7. The molecule has 0 aliphatic heterocycles. The first kappa shape index (κ1) is 37.5. The van der Waals surface area contributed by atoms with Gasteiger partial charge < -0.3 is 15.0 Å². The molecule has 10 nitrogen and oxygen atoms in total. The van der Waals surface area contributed by atoms with Crippen molar-refractivity contribution in [1.29, 1.82) is 0 Å². The summed E-state index contributed by atoms with van der Waals surface area (Å²) in [6.07, 6.45) is 5.85. The number of rotatable bonds is 16. The van der Waals surface area contributed by atoms with E-state index in [-0.39, 0.29) is 25.4 Å². The minimum Gasteiger partial charge on any atom is -0.444 e. The summed E-state index contributed by atoms with van der Waals surface area (Å²) in [5, 5.41) is 4.37.